The van der Waals surface area contributed by atoms with Gasteiger partial charge in [-0.2, -0.15) is 0 Å². The van der Waals surface area contributed by atoms with Crippen LogP contribution in [0.2, 0.25) is 5.02 Å². The first-order valence-electron chi connectivity index (χ1n) is 5.27. The second-order valence-corrected chi connectivity index (χ2v) is 4.57. The zero-order chi connectivity index (χ0) is 9.97. The van der Waals surface area contributed by atoms with Gasteiger partial charge in [0.2, 0.25) is 0 Å². The minimum Gasteiger partial charge on any atom is -0.324 e. The van der Waals surface area contributed by atoms with Crippen molar-refractivity contribution in [3.8, 4) is 0 Å². The molecule has 1 unspecified atom stereocenters. The second-order valence-electron chi connectivity index (χ2n) is 4.16. The fraction of sp³-hybridized carbons (Fsp3) is 0.500. The van der Waals surface area contributed by atoms with Crippen molar-refractivity contribution >= 4 is 11.6 Å². The van der Waals surface area contributed by atoms with Crippen molar-refractivity contribution in [3.05, 3.63) is 34.9 Å². The number of rotatable bonds is 3. The van der Waals surface area contributed by atoms with Crippen LogP contribution < -0.4 is 5.73 Å². The lowest BCUT2D eigenvalue weighted by atomic mass is 9.80. The lowest BCUT2D eigenvalue weighted by Crippen LogP contribution is -2.20. The lowest BCUT2D eigenvalue weighted by Gasteiger charge is -2.28. The van der Waals surface area contributed by atoms with Crippen molar-refractivity contribution in [1.29, 1.82) is 0 Å². The van der Waals surface area contributed by atoms with E-state index < -0.39 is 0 Å². The van der Waals surface area contributed by atoms with Gasteiger partial charge in [0.1, 0.15) is 0 Å². The largest absolute Gasteiger partial charge is 0.324 e. The van der Waals surface area contributed by atoms with Gasteiger partial charge in [0.25, 0.3) is 0 Å². The fourth-order valence-electron chi connectivity index (χ4n) is 1.99. The third-order valence-corrected chi connectivity index (χ3v) is 3.46. The van der Waals surface area contributed by atoms with E-state index in [1.54, 1.807) is 0 Å². The molecule has 0 amide bonds. The standard InChI is InChI=1S/C12H16ClN/c13-11-7-2-1-6-10(11)12(14)8-9-4-3-5-9/h1-2,6-7,9,12H,3-5,8,14H2. The van der Waals surface area contributed by atoms with Gasteiger partial charge in [-0.15, -0.1) is 0 Å². The van der Waals surface area contributed by atoms with Gasteiger partial charge in [0, 0.05) is 11.1 Å². The SMILES string of the molecule is NC(CC1CCC1)c1ccccc1Cl. The zero-order valence-corrected chi connectivity index (χ0v) is 9.00. The number of hydrogen-bond acceptors (Lipinski definition) is 1. The number of benzene rings is 1. The molecule has 0 bridgehead atoms. The first kappa shape index (κ1) is 10.0. The van der Waals surface area contributed by atoms with E-state index in [1.165, 1.54) is 19.3 Å². The van der Waals surface area contributed by atoms with E-state index in [4.69, 9.17) is 17.3 Å². The monoisotopic (exact) mass is 209 g/mol. The summed E-state index contributed by atoms with van der Waals surface area (Å²) in [6.07, 6.45) is 5.15. The Kier molecular flexibility index (Phi) is 3.09. The molecule has 0 heterocycles. The number of hydrogen-bond donors (Lipinski definition) is 1. The van der Waals surface area contributed by atoms with Crippen molar-refractivity contribution in [1.82, 2.24) is 0 Å². The Morgan fingerprint density at radius 3 is 2.64 bits per heavy atom. The van der Waals surface area contributed by atoms with Crippen molar-refractivity contribution in [2.24, 2.45) is 11.7 Å². The summed E-state index contributed by atoms with van der Waals surface area (Å²) in [6, 6.07) is 8.02. The van der Waals surface area contributed by atoms with Gasteiger partial charge in [-0.25, -0.2) is 0 Å². The van der Waals surface area contributed by atoms with Crippen LogP contribution in [0.4, 0.5) is 0 Å². The molecule has 0 spiro atoms. The van der Waals surface area contributed by atoms with E-state index in [0.29, 0.717) is 0 Å². The highest BCUT2D eigenvalue weighted by Gasteiger charge is 2.21. The third kappa shape index (κ3) is 2.10. The maximum atomic E-state index is 6.12. The lowest BCUT2D eigenvalue weighted by molar-refractivity contribution is 0.277. The predicted molar refractivity (Wildman–Crippen MR) is 60.3 cm³/mol. The molecule has 1 saturated carbocycles. The van der Waals surface area contributed by atoms with Crippen LogP contribution in [-0.4, -0.2) is 0 Å². The summed E-state index contributed by atoms with van der Waals surface area (Å²) in [5, 5.41) is 0.805. The first-order valence-corrected chi connectivity index (χ1v) is 5.65. The zero-order valence-electron chi connectivity index (χ0n) is 8.25. The summed E-state index contributed by atoms with van der Waals surface area (Å²) in [7, 11) is 0. The Bertz CT molecular complexity index is 307. The van der Waals surface area contributed by atoms with Crippen LogP contribution in [0.1, 0.15) is 37.3 Å². The van der Waals surface area contributed by atoms with E-state index in [0.717, 1.165) is 22.9 Å². The smallest absolute Gasteiger partial charge is 0.0453 e. The highest BCUT2D eigenvalue weighted by Crippen LogP contribution is 2.35. The quantitative estimate of drug-likeness (QED) is 0.810. The van der Waals surface area contributed by atoms with Gasteiger partial charge in [0.05, 0.1) is 0 Å². The van der Waals surface area contributed by atoms with Crippen LogP contribution in [0.5, 0.6) is 0 Å². The molecule has 1 aliphatic carbocycles. The minimum atomic E-state index is 0.119. The Morgan fingerprint density at radius 2 is 2.07 bits per heavy atom. The molecular formula is C12H16ClN. The molecule has 2 rings (SSSR count). The topological polar surface area (TPSA) is 26.0 Å². The molecule has 2 N–H and O–H groups in total. The highest BCUT2D eigenvalue weighted by molar-refractivity contribution is 6.31. The Labute approximate surface area is 90.3 Å². The van der Waals surface area contributed by atoms with Crippen molar-refractivity contribution < 1.29 is 0 Å². The molecule has 14 heavy (non-hydrogen) atoms. The van der Waals surface area contributed by atoms with E-state index in [1.807, 2.05) is 24.3 Å². The summed E-state index contributed by atoms with van der Waals surface area (Å²) < 4.78 is 0. The van der Waals surface area contributed by atoms with Crippen LogP contribution in [0.15, 0.2) is 24.3 Å². The summed E-state index contributed by atoms with van der Waals surface area (Å²) in [4.78, 5) is 0. The number of halogens is 1. The highest BCUT2D eigenvalue weighted by atomic mass is 35.5. The third-order valence-electron chi connectivity index (χ3n) is 3.12. The average Bonchev–Trinajstić information content (AvgIpc) is 2.12. The molecule has 1 fully saturated rings. The molecule has 1 aromatic carbocycles. The molecule has 0 aromatic heterocycles. The molecule has 0 saturated heterocycles. The van der Waals surface area contributed by atoms with Gasteiger partial charge in [-0.05, 0) is 24.0 Å². The van der Waals surface area contributed by atoms with Crippen LogP contribution in [0, 0.1) is 5.92 Å². The molecule has 1 nitrogen and oxygen atoms in total. The second kappa shape index (κ2) is 4.33. The normalized spacial score (nSPS) is 19.0. The van der Waals surface area contributed by atoms with Crippen molar-refractivity contribution in [2.75, 3.05) is 0 Å². The van der Waals surface area contributed by atoms with Gasteiger partial charge in [-0.1, -0.05) is 49.1 Å². The average molecular weight is 210 g/mol. The van der Waals surface area contributed by atoms with Crippen LogP contribution in [0.3, 0.4) is 0 Å². The summed E-state index contributed by atoms with van der Waals surface area (Å²) in [5.41, 5.74) is 7.22. The van der Waals surface area contributed by atoms with E-state index in [-0.39, 0.29) is 6.04 Å². The Morgan fingerprint density at radius 1 is 1.36 bits per heavy atom. The van der Waals surface area contributed by atoms with E-state index in [9.17, 15) is 0 Å². The number of nitrogens with two attached hydrogens (primary N) is 1. The molecule has 1 atom stereocenters. The van der Waals surface area contributed by atoms with Crippen LogP contribution >= 0.6 is 11.6 Å². The summed E-state index contributed by atoms with van der Waals surface area (Å²) >= 11 is 6.08. The fourth-order valence-corrected chi connectivity index (χ4v) is 2.27. The maximum absolute atomic E-state index is 6.12. The molecule has 1 aliphatic rings. The van der Waals surface area contributed by atoms with Crippen LogP contribution in [-0.2, 0) is 0 Å². The molecule has 0 aliphatic heterocycles. The van der Waals surface area contributed by atoms with Gasteiger partial charge in [0.15, 0.2) is 0 Å². The Balaban J connectivity index is 2.02. The first-order chi connectivity index (χ1) is 6.77. The molecule has 76 valence electrons. The Hall–Kier alpha value is -0.530. The van der Waals surface area contributed by atoms with Gasteiger partial charge in [-0.3, -0.25) is 0 Å². The van der Waals surface area contributed by atoms with E-state index in [2.05, 4.69) is 0 Å². The van der Waals surface area contributed by atoms with Crippen molar-refractivity contribution in [2.45, 2.75) is 31.7 Å². The van der Waals surface area contributed by atoms with Crippen LogP contribution in [0.25, 0.3) is 0 Å². The van der Waals surface area contributed by atoms with E-state index >= 15 is 0 Å². The molecule has 0 radical (unpaired) electrons. The molecular weight excluding hydrogens is 194 g/mol. The summed E-state index contributed by atoms with van der Waals surface area (Å²) in [6.45, 7) is 0. The molecule has 1 aromatic rings. The molecule has 2 heteroatoms. The maximum Gasteiger partial charge on any atom is 0.0453 e. The predicted octanol–water partition coefficient (Wildman–Crippen LogP) is 3.53. The van der Waals surface area contributed by atoms with Gasteiger partial charge < -0.3 is 5.73 Å². The van der Waals surface area contributed by atoms with Gasteiger partial charge >= 0.3 is 0 Å². The summed E-state index contributed by atoms with van der Waals surface area (Å²) in [5.74, 6) is 0.835. The van der Waals surface area contributed by atoms with Crippen molar-refractivity contribution in [3.63, 3.8) is 0 Å². The minimum absolute atomic E-state index is 0.119.